The van der Waals surface area contributed by atoms with Crippen molar-refractivity contribution in [3.63, 3.8) is 0 Å². The van der Waals surface area contributed by atoms with Gasteiger partial charge in [0.15, 0.2) is 0 Å². The molecule has 2 heteroatoms. The quantitative estimate of drug-likeness (QED) is 0.428. The van der Waals surface area contributed by atoms with Gasteiger partial charge >= 0.3 is 0 Å². The lowest BCUT2D eigenvalue weighted by atomic mass is 9.88. The van der Waals surface area contributed by atoms with Gasteiger partial charge in [0, 0.05) is 6.61 Å². The first kappa shape index (κ1) is 10.9. The van der Waals surface area contributed by atoms with Gasteiger partial charge in [-0.1, -0.05) is 34.2 Å². The van der Waals surface area contributed by atoms with E-state index >= 15 is 0 Å². The zero-order chi connectivity index (χ0) is 10.0. The fraction of sp³-hybridized carbons (Fsp3) is 0.833. The molecule has 0 N–H and O–H groups in total. The molecule has 1 saturated heterocycles. The number of ether oxygens (including phenoxy) is 1. The zero-order valence-corrected chi connectivity index (χ0v) is 11.0. The second-order valence-corrected chi connectivity index (χ2v) is 5.90. The van der Waals surface area contributed by atoms with Gasteiger partial charge in [-0.25, -0.2) is 0 Å². The third-order valence-electron chi connectivity index (χ3n) is 3.44. The molecule has 2 atom stereocenters. The first-order valence-electron chi connectivity index (χ1n) is 5.69. The SMILES string of the molecule is CC1(C(I)C2=CCCCC2)CCCO1. The molecule has 14 heavy (non-hydrogen) atoms. The van der Waals surface area contributed by atoms with Crippen LogP contribution in [0.4, 0.5) is 0 Å². The van der Waals surface area contributed by atoms with Crippen molar-refractivity contribution in [1.29, 1.82) is 0 Å². The average Bonchev–Trinajstić information content (AvgIpc) is 2.67. The number of hydrogen-bond donors (Lipinski definition) is 0. The third kappa shape index (κ3) is 2.16. The minimum Gasteiger partial charge on any atom is -0.374 e. The predicted molar refractivity (Wildman–Crippen MR) is 68.0 cm³/mol. The van der Waals surface area contributed by atoms with E-state index in [4.69, 9.17) is 4.74 Å². The Balaban J connectivity index is 2.05. The normalized spacial score (nSPS) is 35.4. The van der Waals surface area contributed by atoms with Crippen molar-refractivity contribution in [2.75, 3.05) is 6.61 Å². The number of hydrogen-bond acceptors (Lipinski definition) is 1. The van der Waals surface area contributed by atoms with E-state index in [1.807, 2.05) is 0 Å². The Hall–Kier alpha value is 0.430. The molecular weight excluding hydrogens is 287 g/mol. The Bertz CT molecular complexity index is 228. The van der Waals surface area contributed by atoms with Crippen molar-refractivity contribution < 1.29 is 4.74 Å². The molecule has 1 aliphatic carbocycles. The standard InChI is InChI=1S/C12H19IO/c1-12(8-5-9-14-12)11(13)10-6-3-2-4-7-10/h6,11H,2-5,7-9H2,1H3. The van der Waals surface area contributed by atoms with Crippen molar-refractivity contribution >= 4 is 22.6 Å². The summed E-state index contributed by atoms with van der Waals surface area (Å²) < 4.78 is 6.51. The lowest BCUT2D eigenvalue weighted by Crippen LogP contribution is -2.36. The Morgan fingerprint density at radius 2 is 2.29 bits per heavy atom. The van der Waals surface area contributed by atoms with Crippen LogP contribution in [0, 0.1) is 0 Å². The molecule has 0 bridgehead atoms. The summed E-state index contributed by atoms with van der Waals surface area (Å²) in [5.41, 5.74) is 1.77. The molecule has 2 aliphatic rings. The first-order chi connectivity index (χ1) is 6.72. The second kappa shape index (κ2) is 4.52. The predicted octanol–water partition coefficient (Wildman–Crippen LogP) is 3.86. The van der Waals surface area contributed by atoms with Crippen molar-refractivity contribution in [2.45, 2.75) is 55.0 Å². The van der Waals surface area contributed by atoms with Gasteiger partial charge in [0.05, 0.1) is 9.53 Å². The van der Waals surface area contributed by atoms with Crippen LogP contribution in [0.2, 0.25) is 0 Å². The molecule has 0 aromatic heterocycles. The van der Waals surface area contributed by atoms with Crippen molar-refractivity contribution in [2.24, 2.45) is 0 Å². The average molecular weight is 306 g/mol. The molecule has 0 aromatic rings. The van der Waals surface area contributed by atoms with Gasteiger partial charge in [-0.15, -0.1) is 0 Å². The van der Waals surface area contributed by atoms with Gasteiger partial charge in [-0.05, 0) is 45.4 Å². The van der Waals surface area contributed by atoms with E-state index in [-0.39, 0.29) is 5.60 Å². The highest BCUT2D eigenvalue weighted by atomic mass is 127. The third-order valence-corrected chi connectivity index (χ3v) is 5.55. The van der Waals surface area contributed by atoms with Crippen molar-refractivity contribution in [3.05, 3.63) is 11.6 Å². The molecule has 0 aromatic carbocycles. The minimum atomic E-state index is 0.129. The Kier molecular flexibility index (Phi) is 3.53. The van der Waals surface area contributed by atoms with Gasteiger partial charge in [0.2, 0.25) is 0 Å². The molecular formula is C12H19IO. The van der Waals surface area contributed by atoms with Gasteiger partial charge in [0.25, 0.3) is 0 Å². The van der Waals surface area contributed by atoms with E-state index in [9.17, 15) is 0 Å². The topological polar surface area (TPSA) is 9.23 Å². The molecule has 1 heterocycles. The largest absolute Gasteiger partial charge is 0.374 e. The Labute approximate surface area is 100 Å². The highest BCUT2D eigenvalue weighted by molar-refractivity contribution is 14.1. The summed E-state index contributed by atoms with van der Waals surface area (Å²) in [6, 6.07) is 0. The minimum absolute atomic E-state index is 0.129. The summed E-state index contributed by atoms with van der Waals surface area (Å²) in [5, 5.41) is 0. The molecule has 1 fully saturated rings. The molecule has 80 valence electrons. The highest BCUT2D eigenvalue weighted by Crippen LogP contribution is 2.39. The molecule has 2 unspecified atom stereocenters. The summed E-state index contributed by atoms with van der Waals surface area (Å²) in [6.45, 7) is 3.25. The van der Waals surface area contributed by atoms with Gasteiger partial charge in [-0.3, -0.25) is 0 Å². The van der Waals surface area contributed by atoms with Crippen molar-refractivity contribution in [1.82, 2.24) is 0 Å². The van der Waals surface area contributed by atoms with Crippen LogP contribution in [0.25, 0.3) is 0 Å². The van der Waals surface area contributed by atoms with E-state index in [0.29, 0.717) is 3.92 Å². The summed E-state index contributed by atoms with van der Waals surface area (Å²) >= 11 is 2.59. The van der Waals surface area contributed by atoms with Crippen LogP contribution in [0.15, 0.2) is 11.6 Å². The second-order valence-electron chi connectivity index (χ2n) is 4.65. The van der Waals surface area contributed by atoms with E-state index in [1.54, 1.807) is 5.57 Å². The maximum Gasteiger partial charge on any atom is 0.0809 e. The van der Waals surface area contributed by atoms with Crippen LogP contribution in [-0.2, 0) is 4.74 Å². The van der Waals surface area contributed by atoms with E-state index < -0.39 is 0 Å². The molecule has 1 nitrogen and oxygen atoms in total. The lowest BCUT2D eigenvalue weighted by Gasteiger charge is -2.32. The van der Waals surface area contributed by atoms with Gasteiger partial charge in [-0.2, -0.15) is 0 Å². The number of rotatable bonds is 2. The van der Waals surface area contributed by atoms with Crippen LogP contribution in [0.3, 0.4) is 0 Å². The Morgan fingerprint density at radius 1 is 1.43 bits per heavy atom. The highest BCUT2D eigenvalue weighted by Gasteiger charge is 2.38. The fourth-order valence-corrected chi connectivity index (χ4v) is 3.54. The lowest BCUT2D eigenvalue weighted by molar-refractivity contribution is 0.0278. The van der Waals surface area contributed by atoms with E-state index in [1.165, 1.54) is 38.5 Å². The monoisotopic (exact) mass is 306 g/mol. The number of halogens is 1. The molecule has 2 rings (SSSR count). The maximum absolute atomic E-state index is 5.91. The molecule has 0 spiro atoms. The molecule has 0 amide bonds. The first-order valence-corrected chi connectivity index (χ1v) is 6.94. The molecule has 0 radical (unpaired) electrons. The number of allylic oxidation sites excluding steroid dienone is 1. The van der Waals surface area contributed by atoms with Crippen LogP contribution in [0.5, 0.6) is 0 Å². The summed E-state index contributed by atoms with van der Waals surface area (Å²) in [6.07, 6.45) is 10.3. The van der Waals surface area contributed by atoms with Crippen LogP contribution in [0.1, 0.15) is 45.4 Å². The van der Waals surface area contributed by atoms with Gasteiger partial charge < -0.3 is 4.74 Å². The maximum atomic E-state index is 5.91. The molecule has 1 aliphatic heterocycles. The Morgan fingerprint density at radius 3 is 2.86 bits per heavy atom. The summed E-state index contributed by atoms with van der Waals surface area (Å²) in [5.74, 6) is 0. The zero-order valence-electron chi connectivity index (χ0n) is 8.89. The smallest absolute Gasteiger partial charge is 0.0809 e. The van der Waals surface area contributed by atoms with Crippen LogP contribution < -0.4 is 0 Å². The summed E-state index contributed by atoms with van der Waals surface area (Å²) in [4.78, 5) is 0. The van der Waals surface area contributed by atoms with E-state index in [2.05, 4.69) is 35.6 Å². The van der Waals surface area contributed by atoms with Crippen molar-refractivity contribution in [3.8, 4) is 0 Å². The van der Waals surface area contributed by atoms with Gasteiger partial charge in [0.1, 0.15) is 0 Å². The molecule has 0 saturated carbocycles. The van der Waals surface area contributed by atoms with E-state index in [0.717, 1.165) is 6.61 Å². The van der Waals surface area contributed by atoms with Crippen LogP contribution in [-0.4, -0.2) is 16.1 Å². The number of alkyl halides is 1. The van der Waals surface area contributed by atoms with Crippen LogP contribution >= 0.6 is 22.6 Å². The fourth-order valence-electron chi connectivity index (χ4n) is 2.49. The summed E-state index contributed by atoms with van der Waals surface area (Å²) in [7, 11) is 0.